The second-order valence-corrected chi connectivity index (χ2v) is 8.07. The summed E-state index contributed by atoms with van der Waals surface area (Å²) in [6.07, 6.45) is 2.24. The molecule has 1 heterocycles. The first kappa shape index (κ1) is 21.5. The fourth-order valence-corrected chi connectivity index (χ4v) is 4.12. The van der Waals surface area contributed by atoms with Gasteiger partial charge in [0.1, 0.15) is 12.4 Å². The maximum Gasteiger partial charge on any atom is 0.120 e. The summed E-state index contributed by atoms with van der Waals surface area (Å²) in [6.45, 7) is 2.21. The molecular weight excluding hydrogens is 384 g/mol. The molecule has 2 aromatic carbocycles. The van der Waals surface area contributed by atoms with Crippen LogP contribution in [-0.4, -0.2) is 21.4 Å². The largest absolute Gasteiger partial charge is 0.489 e. The molecule has 3 aromatic rings. The summed E-state index contributed by atoms with van der Waals surface area (Å²) in [4.78, 5) is 1.19. The Morgan fingerprint density at radius 1 is 0.966 bits per heavy atom. The lowest BCUT2D eigenvalue weighted by atomic mass is 10.1. The molecule has 0 spiro atoms. The van der Waals surface area contributed by atoms with Crippen molar-refractivity contribution in [1.82, 2.24) is 0 Å². The van der Waals surface area contributed by atoms with Crippen LogP contribution in [0.25, 0.3) is 10.4 Å². The lowest BCUT2D eigenvalue weighted by Crippen LogP contribution is -2.05. The summed E-state index contributed by atoms with van der Waals surface area (Å²) in [5.41, 5.74) is 4.77. The van der Waals surface area contributed by atoms with E-state index in [4.69, 9.17) is 4.74 Å². The monoisotopic (exact) mass is 412 g/mol. The molecule has 0 aliphatic rings. The number of rotatable bonds is 10. The summed E-state index contributed by atoms with van der Waals surface area (Å²) in [6, 6.07) is 15.8. The van der Waals surface area contributed by atoms with Gasteiger partial charge in [-0.3, -0.25) is 0 Å². The van der Waals surface area contributed by atoms with E-state index < -0.39 is 0 Å². The highest BCUT2D eigenvalue weighted by Crippen LogP contribution is 2.30. The molecule has 3 N–H and O–H groups in total. The van der Waals surface area contributed by atoms with E-state index in [1.54, 1.807) is 11.3 Å². The van der Waals surface area contributed by atoms with Crippen LogP contribution in [0, 0.1) is 0 Å². The van der Waals surface area contributed by atoms with Gasteiger partial charge in [-0.1, -0.05) is 31.2 Å². The van der Waals surface area contributed by atoms with Crippen LogP contribution in [0.5, 0.6) is 5.75 Å². The van der Waals surface area contributed by atoms with Crippen LogP contribution in [0.3, 0.4) is 0 Å². The zero-order valence-electron chi connectivity index (χ0n) is 16.7. The van der Waals surface area contributed by atoms with Crippen molar-refractivity contribution in [3.63, 3.8) is 0 Å². The molecule has 1 aromatic heterocycles. The summed E-state index contributed by atoms with van der Waals surface area (Å²) < 4.78 is 5.95. The lowest BCUT2D eigenvalue weighted by Gasteiger charge is -2.10. The van der Waals surface area contributed by atoms with Crippen molar-refractivity contribution in [3.05, 3.63) is 76.2 Å². The quantitative estimate of drug-likeness (QED) is 0.452. The highest BCUT2D eigenvalue weighted by Gasteiger charge is 2.08. The van der Waals surface area contributed by atoms with Crippen molar-refractivity contribution in [1.29, 1.82) is 0 Å². The van der Waals surface area contributed by atoms with Gasteiger partial charge in [0.25, 0.3) is 0 Å². The Morgan fingerprint density at radius 2 is 1.79 bits per heavy atom. The van der Waals surface area contributed by atoms with Crippen LogP contribution in [0.1, 0.15) is 42.0 Å². The maximum atomic E-state index is 9.76. The second kappa shape index (κ2) is 10.6. The average Bonchev–Trinajstić information content (AvgIpc) is 3.25. The molecule has 4 nitrogen and oxygen atoms in total. The van der Waals surface area contributed by atoms with E-state index in [1.165, 1.54) is 10.4 Å². The van der Waals surface area contributed by atoms with Gasteiger partial charge in [-0.2, -0.15) is 0 Å². The number of aliphatic hydroxyl groups is 3. The average molecular weight is 413 g/mol. The Bertz CT molecular complexity index is 919. The van der Waals surface area contributed by atoms with Crippen molar-refractivity contribution in [2.75, 3.05) is 0 Å². The van der Waals surface area contributed by atoms with Crippen LogP contribution in [-0.2, 0) is 26.2 Å². The molecule has 0 amide bonds. The lowest BCUT2D eigenvalue weighted by molar-refractivity contribution is 0.160. The van der Waals surface area contributed by atoms with Gasteiger partial charge in [0, 0.05) is 4.88 Å². The summed E-state index contributed by atoms with van der Waals surface area (Å²) >= 11 is 1.71. The minimum atomic E-state index is -0.229. The molecule has 0 radical (unpaired) electrons. The summed E-state index contributed by atoms with van der Waals surface area (Å²) in [5.74, 6) is 0.788. The molecule has 0 fully saturated rings. The first-order valence-electron chi connectivity index (χ1n) is 9.94. The van der Waals surface area contributed by atoms with Crippen LogP contribution in [0.4, 0.5) is 0 Å². The standard InChI is InChI=1S/C24H28O4S/c1-2-22(27)9-7-18-11-24(29-16-18)19-4-3-5-23(12-19)28-15-17-6-8-20(13-25)21(10-17)14-26/h3-6,8,10-12,16,22,25-27H,2,7,9,13-15H2,1H3. The van der Waals surface area contributed by atoms with E-state index in [0.717, 1.165) is 47.3 Å². The summed E-state index contributed by atoms with van der Waals surface area (Å²) in [7, 11) is 0. The zero-order valence-corrected chi connectivity index (χ0v) is 17.5. The van der Waals surface area contributed by atoms with E-state index >= 15 is 0 Å². The molecule has 0 bridgehead atoms. The fourth-order valence-electron chi connectivity index (χ4n) is 3.17. The first-order valence-corrected chi connectivity index (χ1v) is 10.8. The molecule has 29 heavy (non-hydrogen) atoms. The molecule has 154 valence electrons. The number of thiophene rings is 1. The van der Waals surface area contributed by atoms with Crippen molar-refractivity contribution in [2.45, 2.75) is 52.1 Å². The number of ether oxygens (including phenoxy) is 1. The Balaban J connectivity index is 1.65. The predicted octanol–water partition coefficient (Wildman–Crippen LogP) is 4.68. The second-order valence-electron chi connectivity index (χ2n) is 7.16. The smallest absolute Gasteiger partial charge is 0.120 e. The van der Waals surface area contributed by atoms with Crippen molar-refractivity contribution in [3.8, 4) is 16.2 Å². The fraction of sp³-hybridized carbons (Fsp3) is 0.333. The van der Waals surface area contributed by atoms with Gasteiger partial charge < -0.3 is 20.1 Å². The Labute approximate surface area is 176 Å². The van der Waals surface area contributed by atoms with Gasteiger partial charge in [-0.25, -0.2) is 0 Å². The molecule has 1 atom stereocenters. The highest BCUT2D eigenvalue weighted by molar-refractivity contribution is 7.13. The number of hydrogen-bond acceptors (Lipinski definition) is 5. The van der Waals surface area contributed by atoms with E-state index in [1.807, 2.05) is 43.3 Å². The first-order chi connectivity index (χ1) is 14.1. The van der Waals surface area contributed by atoms with Crippen LogP contribution in [0.2, 0.25) is 0 Å². The number of hydrogen-bond donors (Lipinski definition) is 3. The van der Waals surface area contributed by atoms with E-state index in [-0.39, 0.29) is 19.3 Å². The third-order valence-electron chi connectivity index (χ3n) is 5.03. The minimum Gasteiger partial charge on any atom is -0.489 e. The molecule has 0 aliphatic heterocycles. The zero-order chi connectivity index (χ0) is 20.6. The van der Waals surface area contributed by atoms with Gasteiger partial charge >= 0.3 is 0 Å². The molecular formula is C24H28O4S. The molecule has 0 saturated heterocycles. The highest BCUT2D eigenvalue weighted by atomic mass is 32.1. The Morgan fingerprint density at radius 3 is 2.55 bits per heavy atom. The van der Waals surface area contributed by atoms with Crippen LogP contribution < -0.4 is 4.74 Å². The van der Waals surface area contributed by atoms with Crippen LogP contribution >= 0.6 is 11.3 Å². The molecule has 5 heteroatoms. The third kappa shape index (κ3) is 5.90. The normalized spacial score (nSPS) is 12.1. The number of aryl methyl sites for hydroxylation is 1. The molecule has 3 rings (SSSR count). The van der Waals surface area contributed by atoms with Crippen molar-refractivity contribution >= 4 is 11.3 Å². The Kier molecular flexibility index (Phi) is 7.83. The maximum absolute atomic E-state index is 9.76. The topological polar surface area (TPSA) is 69.9 Å². The van der Waals surface area contributed by atoms with Gasteiger partial charge in [0.15, 0.2) is 0 Å². The molecule has 0 saturated carbocycles. The molecule has 1 unspecified atom stereocenters. The predicted molar refractivity (Wildman–Crippen MR) is 117 cm³/mol. The van der Waals surface area contributed by atoms with Gasteiger partial charge in [0.05, 0.1) is 19.3 Å². The van der Waals surface area contributed by atoms with Crippen LogP contribution in [0.15, 0.2) is 53.9 Å². The van der Waals surface area contributed by atoms with Gasteiger partial charge in [-0.15, -0.1) is 11.3 Å². The van der Waals surface area contributed by atoms with E-state index in [9.17, 15) is 15.3 Å². The minimum absolute atomic E-state index is 0.0840. The molecule has 0 aliphatic carbocycles. The van der Waals surface area contributed by atoms with E-state index in [2.05, 4.69) is 17.5 Å². The van der Waals surface area contributed by atoms with Crippen molar-refractivity contribution in [2.24, 2.45) is 0 Å². The summed E-state index contributed by atoms with van der Waals surface area (Å²) in [5, 5.41) is 30.7. The van der Waals surface area contributed by atoms with Crippen molar-refractivity contribution < 1.29 is 20.1 Å². The van der Waals surface area contributed by atoms with E-state index in [0.29, 0.717) is 6.61 Å². The Hall–Kier alpha value is -2.18. The SMILES string of the molecule is CCC(O)CCc1csc(-c2cccc(OCc3ccc(CO)c(CO)c3)c2)c1. The third-order valence-corrected chi connectivity index (χ3v) is 6.05. The van der Waals surface area contributed by atoms with Gasteiger partial charge in [-0.05, 0) is 76.7 Å². The van der Waals surface area contributed by atoms with Gasteiger partial charge in [0.2, 0.25) is 0 Å². The number of benzene rings is 2. The number of aliphatic hydroxyl groups excluding tert-OH is 3.